The number of hydrogen-bond donors (Lipinski definition) is 1. The molecule has 2 fully saturated rings. The van der Waals surface area contributed by atoms with Gasteiger partial charge in [0.25, 0.3) is 0 Å². The molecule has 0 radical (unpaired) electrons. The van der Waals surface area contributed by atoms with Crippen LogP contribution in [-0.4, -0.2) is 53.1 Å². The van der Waals surface area contributed by atoms with Gasteiger partial charge in [-0.1, -0.05) is 47.5 Å². The van der Waals surface area contributed by atoms with Crippen molar-refractivity contribution in [2.45, 2.75) is 38.1 Å². The smallest absolute Gasteiger partial charge is 0.416 e. The molecule has 5 nitrogen and oxygen atoms in total. The highest BCUT2D eigenvalue weighted by Gasteiger charge is 2.42. The highest BCUT2D eigenvalue weighted by Crippen LogP contribution is 2.37. The minimum absolute atomic E-state index is 0.181. The third-order valence-corrected chi connectivity index (χ3v) is 8.45. The fourth-order valence-corrected chi connectivity index (χ4v) is 6.40. The molecule has 0 aliphatic carbocycles. The van der Waals surface area contributed by atoms with Gasteiger partial charge in [-0.05, 0) is 55.3 Å². The monoisotopic (exact) mass is 600 g/mol. The van der Waals surface area contributed by atoms with E-state index < -0.39 is 11.7 Å². The van der Waals surface area contributed by atoms with Crippen LogP contribution < -0.4 is 10.1 Å². The van der Waals surface area contributed by atoms with Gasteiger partial charge < -0.3 is 10.1 Å². The van der Waals surface area contributed by atoms with Crippen molar-refractivity contribution in [1.29, 1.82) is 0 Å². The number of ether oxygens (including phenoxy) is 1. The molecular formula is C31H29Cl2F3N4O. The fraction of sp³-hybridized carbons (Fsp3) is 0.323. The van der Waals surface area contributed by atoms with Crippen LogP contribution in [0, 0.1) is 6.92 Å². The maximum atomic E-state index is 13.8. The number of piperazine rings is 1. The van der Waals surface area contributed by atoms with Gasteiger partial charge >= 0.3 is 6.18 Å². The number of nitrogens with zero attached hydrogens (tertiary/aromatic N) is 3. The fourth-order valence-electron chi connectivity index (χ4n) is 5.93. The number of halogens is 5. The summed E-state index contributed by atoms with van der Waals surface area (Å²) in [5.74, 6) is 0.181. The van der Waals surface area contributed by atoms with Crippen molar-refractivity contribution < 1.29 is 17.9 Å². The number of para-hydroxylation sites is 1. The van der Waals surface area contributed by atoms with Gasteiger partial charge in [0.15, 0.2) is 0 Å². The molecule has 6 rings (SSSR count). The third-order valence-electron chi connectivity index (χ3n) is 7.86. The van der Waals surface area contributed by atoms with Crippen LogP contribution in [0.3, 0.4) is 0 Å². The molecule has 2 bridgehead atoms. The van der Waals surface area contributed by atoms with E-state index in [0.29, 0.717) is 46.7 Å². The zero-order chi connectivity index (χ0) is 28.7. The molecule has 2 saturated heterocycles. The molecule has 0 saturated carbocycles. The second-order valence-corrected chi connectivity index (χ2v) is 11.6. The highest BCUT2D eigenvalue weighted by molar-refractivity contribution is 6.35. The first-order chi connectivity index (χ1) is 19.6. The summed E-state index contributed by atoms with van der Waals surface area (Å²) >= 11 is 12.4. The minimum Gasteiger partial charge on any atom is -0.492 e. The molecular weight excluding hydrogens is 572 g/mol. The number of hydrogen-bond acceptors (Lipinski definition) is 5. The van der Waals surface area contributed by atoms with Crippen molar-refractivity contribution in [1.82, 2.24) is 14.8 Å². The number of anilines is 2. The molecule has 2 aliphatic heterocycles. The second-order valence-electron chi connectivity index (χ2n) is 10.7. The summed E-state index contributed by atoms with van der Waals surface area (Å²) in [7, 11) is 0. The predicted molar refractivity (Wildman–Crippen MR) is 157 cm³/mol. The highest BCUT2D eigenvalue weighted by atomic mass is 35.5. The van der Waals surface area contributed by atoms with Crippen molar-refractivity contribution in [2.75, 3.05) is 31.6 Å². The summed E-state index contributed by atoms with van der Waals surface area (Å²) < 4.78 is 47.3. The van der Waals surface area contributed by atoms with Gasteiger partial charge in [0, 0.05) is 76.8 Å². The number of likely N-dealkylation sites (tertiary alicyclic amines) is 2. The lowest BCUT2D eigenvalue weighted by molar-refractivity contribution is -0.137. The molecule has 0 spiro atoms. The van der Waals surface area contributed by atoms with E-state index in [1.165, 1.54) is 0 Å². The number of fused-ring (bicyclic) bond motifs is 3. The molecule has 2 atom stereocenters. The van der Waals surface area contributed by atoms with Crippen LogP contribution in [0.25, 0.3) is 10.9 Å². The summed E-state index contributed by atoms with van der Waals surface area (Å²) in [5, 5.41) is 5.30. The summed E-state index contributed by atoms with van der Waals surface area (Å²) in [5.41, 5.74) is 2.84. The molecule has 0 amide bonds. The Morgan fingerprint density at radius 1 is 0.976 bits per heavy atom. The zero-order valence-corrected chi connectivity index (χ0v) is 23.9. The van der Waals surface area contributed by atoms with E-state index in [4.69, 9.17) is 27.9 Å². The summed E-state index contributed by atoms with van der Waals surface area (Å²) in [6.07, 6.45) is -3.45. The normalized spacial score (nSPS) is 19.3. The van der Waals surface area contributed by atoms with Crippen molar-refractivity contribution in [3.8, 4) is 5.75 Å². The summed E-state index contributed by atoms with van der Waals surface area (Å²) in [6.45, 7) is 5.38. The van der Waals surface area contributed by atoms with E-state index in [1.54, 1.807) is 12.1 Å². The van der Waals surface area contributed by atoms with Gasteiger partial charge in [-0.3, -0.25) is 14.8 Å². The molecule has 2 aliphatic rings. The maximum absolute atomic E-state index is 13.8. The summed E-state index contributed by atoms with van der Waals surface area (Å²) in [4.78, 5) is 9.32. The molecule has 2 unspecified atom stereocenters. The second kappa shape index (κ2) is 11.3. The van der Waals surface area contributed by atoms with E-state index in [-0.39, 0.29) is 5.75 Å². The molecule has 3 aromatic carbocycles. The summed E-state index contributed by atoms with van der Waals surface area (Å²) in [6, 6.07) is 19.5. The number of nitrogens with one attached hydrogen (secondary N) is 1. The van der Waals surface area contributed by atoms with Gasteiger partial charge in [-0.15, -0.1) is 0 Å². The predicted octanol–water partition coefficient (Wildman–Crippen LogP) is 7.95. The molecule has 1 N–H and O–H groups in total. The number of benzene rings is 3. The van der Waals surface area contributed by atoms with Crippen LogP contribution in [0.5, 0.6) is 5.75 Å². The Hall–Kier alpha value is -3.04. The Labute approximate surface area is 246 Å². The quantitative estimate of drug-likeness (QED) is 0.222. The molecule has 214 valence electrons. The molecule has 3 heterocycles. The Bertz CT molecular complexity index is 1580. The lowest BCUT2D eigenvalue weighted by atomic mass is 10.1. The number of rotatable bonds is 8. The van der Waals surface area contributed by atoms with Gasteiger partial charge in [-0.2, -0.15) is 13.2 Å². The van der Waals surface area contributed by atoms with E-state index in [9.17, 15) is 13.2 Å². The standard InChI is InChI=1S/C31H29Cl2F3N4O/c1-19-10-30(27-4-2-3-5-29(27)37-19)38-23-11-21(31(34,35)36)12-26(14-23)41-9-8-39-17-25-15-24(39)18-40(25)16-20-6-7-22(32)13-28(20)33/h2-7,10-14,24-25H,8-9,15-18H2,1H3,(H,37,38). The van der Waals surface area contributed by atoms with E-state index in [1.807, 2.05) is 49.4 Å². The average molecular weight is 602 g/mol. The Morgan fingerprint density at radius 3 is 2.51 bits per heavy atom. The largest absolute Gasteiger partial charge is 0.492 e. The van der Waals surface area contributed by atoms with E-state index in [0.717, 1.165) is 60.3 Å². The first-order valence-electron chi connectivity index (χ1n) is 13.5. The lowest BCUT2D eigenvalue weighted by Gasteiger charge is -2.34. The van der Waals surface area contributed by atoms with Crippen molar-refractivity contribution >= 4 is 45.5 Å². The Kier molecular flexibility index (Phi) is 7.76. The number of aryl methyl sites for hydroxylation is 1. The first-order valence-corrected chi connectivity index (χ1v) is 14.3. The van der Waals surface area contributed by atoms with Gasteiger partial charge in [0.1, 0.15) is 12.4 Å². The minimum atomic E-state index is -4.50. The lowest BCUT2D eigenvalue weighted by Crippen LogP contribution is -2.47. The Morgan fingerprint density at radius 2 is 1.76 bits per heavy atom. The number of pyridine rings is 1. The van der Waals surface area contributed by atoms with Crippen molar-refractivity contribution in [2.24, 2.45) is 0 Å². The molecule has 41 heavy (non-hydrogen) atoms. The van der Waals surface area contributed by atoms with Crippen LogP contribution in [0.2, 0.25) is 10.0 Å². The number of aromatic nitrogens is 1. The van der Waals surface area contributed by atoms with Gasteiger partial charge in [-0.25, -0.2) is 0 Å². The topological polar surface area (TPSA) is 40.6 Å². The van der Waals surface area contributed by atoms with Crippen LogP contribution in [0.15, 0.2) is 66.7 Å². The van der Waals surface area contributed by atoms with Crippen LogP contribution >= 0.6 is 23.2 Å². The number of alkyl halides is 3. The third kappa shape index (κ3) is 6.26. The molecule has 10 heteroatoms. The maximum Gasteiger partial charge on any atom is 0.416 e. The van der Waals surface area contributed by atoms with Crippen molar-refractivity contribution in [3.05, 3.63) is 93.6 Å². The zero-order valence-electron chi connectivity index (χ0n) is 22.4. The SMILES string of the molecule is Cc1cc(Nc2cc(OCCN3CC4CC3CN4Cc3ccc(Cl)cc3Cl)cc(C(F)(F)F)c2)c2ccccc2n1. The van der Waals surface area contributed by atoms with E-state index >= 15 is 0 Å². The molecule has 1 aromatic heterocycles. The van der Waals surface area contributed by atoms with Gasteiger partial charge in [0.05, 0.1) is 11.1 Å². The van der Waals surface area contributed by atoms with E-state index in [2.05, 4.69) is 20.1 Å². The van der Waals surface area contributed by atoms with Crippen LogP contribution in [-0.2, 0) is 12.7 Å². The Balaban J connectivity index is 1.11. The first kappa shape index (κ1) is 28.1. The van der Waals surface area contributed by atoms with Crippen LogP contribution in [0.4, 0.5) is 24.5 Å². The van der Waals surface area contributed by atoms with Crippen molar-refractivity contribution in [3.63, 3.8) is 0 Å². The van der Waals surface area contributed by atoms with Gasteiger partial charge in [0.2, 0.25) is 0 Å². The molecule has 4 aromatic rings. The average Bonchev–Trinajstić information content (AvgIpc) is 3.50. The van der Waals surface area contributed by atoms with Crippen LogP contribution in [0.1, 0.15) is 23.2 Å².